The van der Waals surface area contributed by atoms with Gasteiger partial charge in [-0.25, -0.2) is 9.59 Å². The molecule has 0 bridgehead atoms. The molecule has 0 aliphatic rings. The smallest absolute Gasteiger partial charge is 0.343 e. The van der Waals surface area contributed by atoms with Crippen molar-refractivity contribution in [3.8, 4) is 0 Å². The number of hydrogen-bond acceptors (Lipinski definition) is 7. The molecule has 1 atom stereocenters. The maximum absolute atomic E-state index is 12.5. The van der Waals surface area contributed by atoms with Crippen molar-refractivity contribution >= 4 is 29.7 Å². The molecular weight excluding hydrogens is 350 g/mol. The van der Waals surface area contributed by atoms with E-state index in [1.54, 1.807) is 27.0 Å². The number of para-hydroxylation sites is 1. The fourth-order valence-corrected chi connectivity index (χ4v) is 2.50. The maximum atomic E-state index is 12.5. The van der Waals surface area contributed by atoms with Crippen molar-refractivity contribution < 1.29 is 23.9 Å². The molecule has 8 heteroatoms. The Bertz CT molecular complexity index is 643. The number of anilines is 1. The number of esters is 2. The Morgan fingerprint density at radius 3 is 2.15 bits per heavy atom. The molecule has 1 rings (SSSR count). The van der Waals surface area contributed by atoms with Gasteiger partial charge < -0.3 is 14.8 Å². The van der Waals surface area contributed by atoms with Gasteiger partial charge in [0.25, 0.3) is 0 Å². The zero-order chi connectivity index (χ0) is 20.3. The summed E-state index contributed by atoms with van der Waals surface area (Å²) in [6.45, 7) is 6.37. The van der Waals surface area contributed by atoms with Crippen LogP contribution in [0.25, 0.3) is 0 Å². The second-order valence-corrected chi connectivity index (χ2v) is 5.96. The Morgan fingerprint density at radius 1 is 1.11 bits per heavy atom. The van der Waals surface area contributed by atoms with Gasteiger partial charge >= 0.3 is 11.9 Å². The largest absolute Gasteiger partial charge is 0.464 e. The standard InChI is InChI=1S/C19H27N3O5/c1-5-26-17(24)19(21-15(4)23,18(25)27-6-2)12-14(3)13-20-22-16-10-8-7-9-11-16/h7-11,13-14,22H,5-6,12H2,1-4H3,(H,21,23)/b20-13+. The zero-order valence-corrected chi connectivity index (χ0v) is 16.2. The van der Waals surface area contributed by atoms with Crippen LogP contribution < -0.4 is 10.7 Å². The van der Waals surface area contributed by atoms with Crippen LogP contribution in [0.15, 0.2) is 35.4 Å². The predicted molar refractivity (Wildman–Crippen MR) is 102 cm³/mol. The summed E-state index contributed by atoms with van der Waals surface area (Å²) in [5.74, 6) is -2.59. The average molecular weight is 377 g/mol. The number of hydrogen-bond donors (Lipinski definition) is 2. The third kappa shape index (κ3) is 6.73. The van der Waals surface area contributed by atoms with Crippen LogP contribution in [-0.4, -0.2) is 42.8 Å². The van der Waals surface area contributed by atoms with Gasteiger partial charge in [0.2, 0.25) is 11.4 Å². The lowest BCUT2D eigenvalue weighted by Crippen LogP contribution is -2.62. The van der Waals surface area contributed by atoms with E-state index >= 15 is 0 Å². The molecule has 0 aromatic heterocycles. The summed E-state index contributed by atoms with van der Waals surface area (Å²) in [5, 5.41) is 6.56. The molecule has 0 aliphatic heterocycles. The molecule has 0 saturated carbocycles. The molecule has 27 heavy (non-hydrogen) atoms. The first-order valence-electron chi connectivity index (χ1n) is 8.83. The Labute approximate surface area is 159 Å². The second-order valence-electron chi connectivity index (χ2n) is 5.96. The van der Waals surface area contributed by atoms with Gasteiger partial charge in [-0.3, -0.25) is 10.2 Å². The summed E-state index contributed by atoms with van der Waals surface area (Å²) >= 11 is 0. The molecule has 0 fully saturated rings. The summed E-state index contributed by atoms with van der Waals surface area (Å²) in [5.41, 5.74) is 1.74. The fraction of sp³-hybridized carbons (Fsp3) is 0.474. The molecule has 0 radical (unpaired) electrons. The van der Waals surface area contributed by atoms with Gasteiger partial charge in [-0.05, 0) is 38.3 Å². The molecule has 8 nitrogen and oxygen atoms in total. The van der Waals surface area contributed by atoms with E-state index in [9.17, 15) is 14.4 Å². The minimum Gasteiger partial charge on any atom is -0.464 e. The van der Waals surface area contributed by atoms with E-state index < -0.39 is 23.4 Å². The Balaban J connectivity index is 3.00. The normalized spacial score (nSPS) is 12.3. The third-order valence-corrected chi connectivity index (χ3v) is 3.56. The van der Waals surface area contributed by atoms with Crippen LogP contribution >= 0.6 is 0 Å². The van der Waals surface area contributed by atoms with Gasteiger partial charge in [-0.2, -0.15) is 5.10 Å². The number of rotatable bonds is 10. The van der Waals surface area contributed by atoms with Crippen molar-refractivity contribution in [1.82, 2.24) is 5.32 Å². The highest BCUT2D eigenvalue weighted by Gasteiger charge is 2.50. The molecule has 1 aromatic carbocycles. The van der Waals surface area contributed by atoms with Crippen molar-refractivity contribution in [1.29, 1.82) is 0 Å². The van der Waals surface area contributed by atoms with Gasteiger partial charge in [0.15, 0.2) is 0 Å². The number of nitrogens with one attached hydrogen (secondary N) is 2. The van der Waals surface area contributed by atoms with Crippen LogP contribution in [0.4, 0.5) is 5.69 Å². The van der Waals surface area contributed by atoms with Gasteiger partial charge in [-0.1, -0.05) is 25.1 Å². The molecule has 1 aromatic rings. The minimum atomic E-state index is -1.92. The second kappa shape index (κ2) is 10.9. The minimum absolute atomic E-state index is 0.0514. The van der Waals surface area contributed by atoms with Crippen LogP contribution in [0, 0.1) is 5.92 Å². The lowest BCUT2D eigenvalue weighted by molar-refractivity contribution is -0.168. The average Bonchev–Trinajstić information content (AvgIpc) is 2.62. The first-order valence-corrected chi connectivity index (χ1v) is 8.83. The molecule has 0 saturated heterocycles. The fourth-order valence-electron chi connectivity index (χ4n) is 2.50. The summed E-state index contributed by atoms with van der Waals surface area (Å²) in [7, 11) is 0. The number of nitrogens with zero attached hydrogens (tertiary/aromatic N) is 1. The number of carbonyl (C=O) groups is 3. The zero-order valence-electron chi connectivity index (χ0n) is 16.2. The number of carbonyl (C=O) groups excluding carboxylic acids is 3. The molecule has 1 amide bonds. The molecule has 1 unspecified atom stereocenters. The Kier molecular flexibility index (Phi) is 8.98. The van der Waals surface area contributed by atoms with Gasteiger partial charge in [-0.15, -0.1) is 0 Å². The van der Waals surface area contributed by atoms with E-state index in [0.717, 1.165) is 5.69 Å². The van der Waals surface area contributed by atoms with E-state index in [1.165, 1.54) is 6.92 Å². The van der Waals surface area contributed by atoms with E-state index in [-0.39, 0.29) is 25.6 Å². The molecule has 148 valence electrons. The number of amides is 1. The first kappa shape index (κ1) is 22.1. The van der Waals surface area contributed by atoms with Crippen molar-refractivity contribution in [2.75, 3.05) is 18.6 Å². The van der Waals surface area contributed by atoms with E-state index in [4.69, 9.17) is 9.47 Å². The SMILES string of the molecule is CCOC(=O)C(CC(C)/C=N/Nc1ccccc1)(NC(C)=O)C(=O)OCC. The van der Waals surface area contributed by atoms with Crippen LogP contribution in [0.3, 0.4) is 0 Å². The van der Waals surface area contributed by atoms with Crippen molar-refractivity contribution in [3.63, 3.8) is 0 Å². The van der Waals surface area contributed by atoms with Crippen molar-refractivity contribution in [3.05, 3.63) is 30.3 Å². The topological polar surface area (TPSA) is 106 Å². The van der Waals surface area contributed by atoms with Gasteiger partial charge in [0.05, 0.1) is 18.9 Å². The van der Waals surface area contributed by atoms with E-state index in [2.05, 4.69) is 15.8 Å². The number of benzene rings is 1. The Morgan fingerprint density at radius 2 is 1.67 bits per heavy atom. The summed E-state index contributed by atoms with van der Waals surface area (Å²) in [6, 6.07) is 9.31. The Hall–Kier alpha value is -2.90. The van der Waals surface area contributed by atoms with Crippen LogP contribution in [0.2, 0.25) is 0 Å². The quantitative estimate of drug-likeness (QED) is 0.280. The number of hydrazone groups is 1. The highest BCUT2D eigenvalue weighted by Crippen LogP contribution is 2.21. The van der Waals surface area contributed by atoms with Crippen molar-refractivity contribution in [2.24, 2.45) is 11.0 Å². The third-order valence-electron chi connectivity index (χ3n) is 3.56. The predicted octanol–water partition coefficient (Wildman–Crippen LogP) is 2.11. The summed E-state index contributed by atoms with van der Waals surface area (Å²) < 4.78 is 10.1. The van der Waals surface area contributed by atoms with E-state index in [1.807, 2.05) is 30.3 Å². The van der Waals surface area contributed by atoms with Crippen LogP contribution in [0.1, 0.15) is 34.1 Å². The molecule has 0 heterocycles. The first-order chi connectivity index (χ1) is 12.9. The molecule has 2 N–H and O–H groups in total. The molecule has 0 spiro atoms. The van der Waals surface area contributed by atoms with Crippen molar-refractivity contribution in [2.45, 2.75) is 39.7 Å². The lowest BCUT2D eigenvalue weighted by atomic mass is 9.88. The van der Waals surface area contributed by atoms with Crippen LogP contribution in [0.5, 0.6) is 0 Å². The monoisotopic (exact) mass is 377 g/mol. The molecular formula is C19H27N3O5. The molecule has 0 aliphatic carbocycles. The summed E-state index contributed by atoms with van der Waals surface area (Å²) in [4.78, 5) is 36.8. The lowest BCUT2D eigenvalue weighted by Gasteiger charge is -2.31. The highest BCUT2D eigenvalue weighted by molar-refractivity contribution is 6.08. The van der Waals surface area contributed by atoms with Gasteiger partial charge in [0.1, 0.15) is 0 Å². The van der Waals surface area contributed by atoms with E-state index in [0.29, 0.717) is 0 Å². The van der Waals surface area contributed by atoms with Gasteiger partial charge in [0, 0.05) is 13.1 Å². The summed E-state index contributed by atoms with van der Waals surface area (Å²) in [6.07, 6.45) is 1.51. The maximum Gasteiger partial charge on any atom is 0.343 e. The van der Waals surface area contributed by atoms with Crippen LogP contribution in [-0.2, 0) is 23.9 Å². The number of ether oxygens (including phenoxy) is 2. The highest BCUT2D eigenvalue weighted by atomic mass is 16.6.